The van der Waals surface area contributed by atoms with Crippen molar-refractivity contribution in [1.29, 1.82) is 0 Å². The summed E-state index contributed by atoms with van der Waals surface area (Å²) in [5.74, 6) is 0.927. The molecule has 0 aromatic heterocycles. The summed E-state index contributed by atoms with van der Waals surface area (Å²) in [5, 5.41) is 3.52. The summed E-state index contributed by atoms with van der Waals surface area (Å²) in [4.78, 5) is 0. The van der Waals surface area contributed by atoms with Gasteiger partial charge in [0.05, 0.1) is 0 Å². The summed E-state index contributed by atoms with van der Waals surface area (Å²) in [6, 6.07) is 16.6. The van der Waals surface area contributed by atoms with Gasteiger partial charge in [-0.25, -0.2) is 0 Å². The van der Waals surface area contributed by atoms with Gasteiger partial charge in [0.15, 0.2) is 0 Å². The fourth-order valence-corrected chi connectivity index (χ4v) is 2.06. The molecular formula is C19H25NO. The molecule has 0 bridgehead atoms. The van der Waals surface area contributed by atoms with Gasteiger partial charge in [0, 0.05) is 12.1 Å². The van der Waals surface area contributed by atoms with E-state index < -0.39 is 0 Å². The molecule has 0 unspecified atom stereocenters. The SMILES string of the molecule is Cc1cc(OCc2ccccc2)ccc1CNC(C)(C)C. The lowest BCUT2D eigenvalue weighted by Crippen LogP contribution is -2.35. The minimum absolute atomic E-state index is 0.134. The second-order valence-corrected chi connectivity index (χ2v) is 6.47. The number of aryl methyl sites for hydroxylation is 1. The molecule has 0 aliphatic carbocycles. The molecule has 0 radical (unpaired) electrons. The maximum Gasteiger partial charge on any atom is 0.120 e. The quantitative estimate of drug-likeness (QED) is 0.874. The van der Waals surface area contributed by atoms with Crippen molar-refractivity contribution in [3.63, 3.8) is 0 Å². The minimum Gasteiger partial charge on any atom is -0.489 e. The van der Waals surface area contributed by atoms with Crippen LogP contribution in [0.1, 0.15) is 37.5 Å². The van der Waals surface area contributed by atoms with Crippen LogP contribution in [0.2, 0.25) is 0 Å². The first kappa shape index (κ1) is 15.6. The average Bonchev–Trinajstić information content (AvgIpc) is 2.44. The third kappa shape index (κ3) is 5.24. The normalized spacial score (nSPS) is 11.4. The summed E-state index contributed by atoms with van der Waals surface area (Å²) in [5.41, 5.74) is 3.90. The smallest absolute Gasteiger partial charge is 0.120 e. The lowest BCUT2D eigenvalue weighted by molar-refractivity contribution is 0.306. The molecule has 2 rings (SSSR count). The average molecular weight is 283 g/mol. The highest BCUT2D eigenvalue weighted by Gasteiger charge is 2.09. The lowest BCUT2D eigenvalue weighted by atomic mass is 10.1. The Hall–Kier alpha value is -1.80. The van der Waals surface area contributed by atoms with E-state index in [2.05, 4.69) is 63.3 Å². The largest absolute Gasteiger partial charge is 0.489 e. The van der Waals surface area contributed by atoms with Crippen LogP contribution in [0.5, 0.6) is 5.75 Å². The van der Waals surface area contributed by atoms with Gasteiger partial charge in [0.2, 0.25) is 0 Å². The van der Waals surface area contributed by atoms with Crippen LogP contribution in [-0.2, 0) is 13.2 Å². The van der Waals surface area contributed by atoms with Crippen molar-refractivity contribution in [3.05, 3.63) is 65.2 Å². The molecule has 2 aromatic rings. The predicted octanol–water partition coefficient (Wildman–Crippen LogP) is 4.46. The van der Waals surface area contributed by atoms with Crippen molar-refractivity contribution < 1.29 is 4.74 Å². The van der Waals surface area contributed by atoms with Gasteiger partial charge in [-0.15, -0.1) is 0 Å². The maximum absolute atomic E-state index is 5.85. The third-order valence-electron chi connectivity index (χ3n) is 3.37. The first-order valence-electron chi connectivity index (χ1n) is 7.45. The van der Waals surface area contributed by atoms with Crippen molar-refractivity contribution in [2.24, 2.45) is 0 Å². The molecule has 0 spiro atoms. The van der Waals surface area contributed by atoms with Crippen LogP contribution in [0, 0.1) is 6.92 Å². The van der Waals surface area contributed by atoms with Crippen molar-refractivity contribution in [3.8, 4) is 5.75 Å². The highest BCUT2D eigenvalue weighted by molar-refractivity contribution is 5.35. The number of hydrogen-bond acceptors (Lipinski definition) is 2. The zero-order valence-corrected chi connectivity index (χ0v) is 13.4. The van der Waals surface area contributed by atoms with Crippen LogP contribution in [-0.4, -0.2) is 5.54 Å². The van der Waals surface area contributed by atoms with E-state index in [0.717, 1.165) is 12.3 Å². The molecule has 0 aliphatic rings. The second kappa shape index (κ2) is 6.77. The van der Waals surface area contributed by atoms with E-state index in [9.17, 15) is 0 Å². The van der Waals surface area contributed by atoms with Gasteiger partial charge in [-0.3, -0.25) is 0 Å². The fraction of sp³-hybridized carbons (Fsp3) is 0.368. The van der Waals surface area contributed by atoms with Gasteiger partial charge in [-0.05, 0) is 56.5 Å². The van der Waals surface area contributed by atoms with Gasteiger partial charge < -0.3 is 10.1 Å². The minimum atomic E-state index is 0.134. The van der Waals surface area contributed by atoms with E-state index in [1.807, 2.05) is 18.2 Å². The number of nitrogens with one attached hydrogen (secondary N) is 1. The zero-order chi connectivity index (χ0) is 15.3. The molecule has 2 heteroatoms. The van der Waals surface area contributed by atoms with Gasteiger partial charge >= 0.3 is 0 Å². The van der Waals surface area contributed by atoms with Crippen LogP contribution in [0.4, 0.5) is 0 Å². The Morgan fingerprint density at radius 3 is 2.33 bits per heavy atom. The number of ether oxygens (including phenoxy) is 1. The van der Waals surface area contributed by atoms with Crippen molar-refractivity contribution in [1.82, 2.24) is 5.32 Å². The fourth-order valence-electron chi connectivity index (χ4n) is 2.06. The summed E-state index contributed by atoms with van der Waals surface area (Å²) in [6.07, 6.45) is 0. The molecule has 0 heterocycles. The Bertz CT molecular complexity index is 570. The Labute approximate surface area is 128 Å². The molecule has 0 saturated carbocycles. The molecule has 2 aromatic carbocycles. The van der Waals surface area contributed by atoms with Crippen LogP contribution in [0.3, 0.4) is 0 Å². The molecule has 0 amide bonds. The number of rotatable bonds is 5. The van der Waals surface area contributed by atoms with Crippen LogP contribution in [0.15, 0.2) is 48.5 Å². The van der Waals surface area contributed by atoms with Gasteiger partial charge in [-0.2, -0.15) is 0 Å². The van der Waals surface area contributed by atoms with Crippen LogP contribution < -0.4 is 10.1 Å². The van der Waals surface area contributed by atoms with Crippen LogP contribution in [0.25, 0.3) is 0 Å². The third-order valence-corrected chi connectivity index (χ3v) is 3.37. The van der Waals surface area contributed by atoms with E-state index >= 15 is 0 Å². The monoisotopic (exact) mass is 283 g/mol. The first-order valence-corrected chi connectivity index (χ1v) is 7.45. The summed E-state index contributed by atoms with van der Waals surface area (Å²) < 4.78 is 5.85. The molecule has 2 nitrogen and oxygen atoms in total. The Balaban J connectivity index is 1.95. The molecular weight excluding hydrogens is 258 g/mol. The zero-order valence-electron chi connectivity index (χ0n) is 13.4. The van der Waals surface area contributed by atoms with E-state index in [1.54, 1.807) is 0 Å². The van der Waals surface area contributed by atoms with E-state index in [0.29, 0.717) is 6.61 Å². The lowest BCUT2D eigenvalue weighted by Gasteiger charge is -2.21. The first-order chi connectivity index (χ1) is 9.94. The van der Waals surface area contributed by atoms with Crippen molar-refractivity contribution in [2.45, 2.75) is 46.4 Å². The second-order valence-electron chi connectivity index (χ2n) is 6.47. The molecule has 1 N–H and O–H groups in total. The van der Waals surface area contributed by atoms with E-state index in [-0.39, 0.29) is 5.54 Å². The number of benzene rings is 2. The van der Waals surface area contributed by atoms with Crippen molar-refractivity contribution in [2.75, 3.05) is 0 Å². The molecule has 0 saturated heterocycles. The van der Waals surface area contributed by atoms with Crippen molar-refractivity contribution >= 4 is 0 Å². The highest BCUT2D eigenvalue weighted by Crippen LogP contribution is 2.19. The summed E-state index contributed by atoms with van der Waals surface area (Å²) >= 11 is 0. The van der Waals surface area contributed by atoms with Gasteiger partial charge in [-0.1, -0.05) is 36.4 Å². The van der Waals surface area contributed by atoms with E-state index in [1.165, 1.54) is 16.7 Å². The molecule has 0 aliphatic heterocycles. The molecule has 0 atom stereocenters. The molecule has 21 heavy (non-hydrogen) atoms. The van der Waals surface area contributed by atoms with Gasteiger partial charge in [0.25, 0.3) is 0 Å². The highest BCUT2D eigenvalue weighted by atomic mass is 16.5. The van der Waals surface area contributed by atoms with Crippen LogP contribution >= 0.6 is 0 Å². The predicted molar refractivity (Wildman–Crippen MR) is 88.5 cm³/mol. The molecule has 112 valence electrons. The number of hydrogen-bond donors (Lipinski definition) is 1. The Kier molecular flexibility index (Phi) is 5.03. The Morgan fingerprint density at radius 1 is 1.00 bits per heavy atom. The maximum atomic E-state index is 5.85. The standard InChI is InChI=1S/C19H25NO/c1-15-12-18(21-14-16-8-6-5-7-9-16)11-10-17(15)13-20-19(2,3)4/h5-12,20H,13-14H2,1-4H3. The van der Waals surface area contributed by atoms with E-state index in [4.69, 9.17) is 4.74 Å². The Morgan fingerprint density at radius 2 is 1.71 bits per heavy atom. The molecule has 0 fully saturated rings. The van der Waals surface area contributed by atoms with Gasteiger partial charge in [0.1, 0.15) is 12.4 Å². The summed E-state index contributed by atoms with van der Waals surface area (Å²) in [7, 11) is 0. The topological polar surface area (TPSA) is 21.3 Å². The summed E-state index contributed by atoms with van der Waals surface area (Å²) in [6.45, 7) is 10.2.